The first kappa shape index (κ1) is 39.6. The zero-order valence-electron chi connectivity index (χ0n) is 37.7. The van der Waals surface area contributed by atoms with Crippen LogP contribution in [0.4, 0.5) is 17.1 Å². The molecule has 2 aliphatic rings. The molecule has 69 heavy (non-hydrogen) atoms. The summed E-state index contributed by atoms with van der Waals surface area (Å²) in [5.74, 6) is 0. The fraction of sp³-hybridized carbons (Fsp3) is 0.0149. The van der Waals surface area contributed by atoms with E-state index in [4.69, 9.17) is 0 Å². The summed E-state index contributed by atoms with van der Waals surface area (Å²) in [6.07, 6.45) is 0. The van der Waals surface area contributed by atoms with E-state index in [9.17, 15) is 0 Å². The van der Waals surface area contributed by atoms with Gasteiger partial charge in [0, 0.05) is 37.1 Å². The summed E-state index contributed by atoms with van der Waals surface area (Å²) >= 11 is 1.91. The average Bonchev–Trinajstić information content (AvgIpc) is 4.06. The quantitative estimate of drug-likeness (QED) is 0.154. The first-order chi connectivity index (χ1) is 34.2. The second kappa shape index (κ2) is 15.8. The van der Waals surface area contributed by atoms with Gasteiger partial charge in [0.2, 0.25) is 0 Å². The summed E-state index contributed by atoms with van der Waals surface area (Å²) in [6.45, 7) is 0. The van der Waals surface area contributed by atoms with Crippen LogP contribution >= 0.6 is 11.3 Å². The highest BCUT2D eigenvalue weighted by atomic mass is 32.1. The Morgan fingerprint density at radius 1 is 0.290 bits per heavy atom. The lowest BCUT2D eigenvalue weighted by molar-refractivity contribution is 0.795. The van der Waals surface area contributed by atoms with Gasteiger partial charge in [-0.15, -0.1) is 11.3 Å². The van der Waals surface area contributed by atoms with Crippen molar-refractivity contribution in [3.8, 4) is 66.8 Å². The highest BCUT2D eigenvalue weighted by Gasteiger charge is 2.53. The van der Waals surface area contributed by atoms with E-state index in [1.807, 2.05) is 11.3 Å². The van der Waals surface area contributed by atoms with Gasteiger partial charge in [0.25, 0.3) is 0 Å². The number of benzene rings is 11. The van der Waals surface area contributed by atoms with E-state index in [-0.39, 0.29) is 0 Å². The Hall–Kier alpha value is -8.56. The molecule has 322 valence electrons. The monoisotopic (exact) mass is 893 g/mol. The molecule has 0 fully saturated rings. The molecule has 0 N–H and O–H groups in total. The molecule has 0 radical (unpaired) electrons. The lowest BCUT2D eigenvalue weighted by Gasteiger charge is -2.32. The maximum absolute atomic E-state index is 2.57. The van der Waals surface area contributed by atoms with Gasteiger partial charge in [-0.3, -0.25) is 0 Å². The van der Waals surface area contributed by atoms with Crippen LogP contribution in [-0.4, -0.2) is 0 Å². The maximum atomic E-state index is 2.57. The highest BCUT2D eigenvalue weighted by molar-refractivity contribution is 7.26. The van der Waals surface area contributed by atoms with Gasteiger partial charge < -0.3 is 4.90 Å². The van der Waals surface area contributed by atoms with Gasteiger partial charge in [-0.1, -0.05) is 218 Å². The Kier molecular flexibility index (Phi) is 9.05. The van der Waals surface area contributed by atoms with Crippen molar-refractivity contribution in [2.24, 2.45) is 0 Å². The molecule has 2 heteroatoms. The predicted octanol–water partition coefficient (Wildman–Crippen LogP) is 18.5. The third-order valence-electron chi connectivity index (χ3n) is 14.7. The Bertz CT molecular complexity index is 3860. The molecular weight excluding hydrogens is 851 g/mol. The van der Waals surface area contributed by atoms with Crippen molar-refractivity contribution in [2.75, 3.05) is 4.90 Å². The standard InChI is InChI=1S/C67H43NS/c1-4-16-44(17-5-1)47-28-30-48(31-29-47)50-34-39-53(40-35-50)68(52-37-32-49(33-38-52)45-18-6-2-7-19-45)66-64-56-41-36-51(46-20-8-3-9-21-46)42-60(56)67(58-25-13-10-22-54(58)55-23-11-14-26-59(55)67)61(64)43-63-65(66)57-24-12-15-27-62(57)69-63/h1-43H. The lowest BCUT2D eigenvalue weighted by Crippen LogP contribution is -2.26. The van der Waals surface area contributed by atoms with E-state index >= 15 is 0 Å². The molecular formula is C67H43NS. The van der Waals surface area contributed by atoms with Crippen LogP contribution in [0.2, 0.25) is 0 Å². The fourth-order valence-electron chi connectivity index (χ4n) is 11.6. The molecule has 1 spiro atoms. The molecule has 1 heterocycles. The fourth-order valence-corrected chi connectivity index (χ4v) is 12.8. The summed E-state index contributed by atoms with van der Waals surface area (Å²) in [5, 5.41) is 2.55. The number of rotatable bonds is 7. The van der Waals surface area contributed by atoms with Crippen molar-refractivity contribution < 1.29 is 0 Å². The maximum Gasteiger partial charge on any atom is 0.0727 e. The Morgan fingerprint density at radius 2 is 0.710 bits per heavy atom. The minimum absolute atomic E-state index is 0.555. The van der Waals surface area contributed by atoms with Gasteiger partial charge in [-0.2, -0.15) is 0 Å². The van der Waals surface area contributed by atoms with Crippen LogP contribution in [0.1, 0.15) is 22.3 Å². The van der Waals surface area contributed by atoms with Gasteiger partial charge in [-0.25, -0.2) is 0 Å². The van der Waals surface area contributed by atoms with Crippen molar-refractivity contribution in [3.05, 3.63) is 283 Å². The molecule has 0 bridgehead atoms. The van der Waals surface area contributed by atoms with Crippen LogP contribution in [0.15, 0.2) is 261 Å². The number of nitrogens with zero attached hydrogens (tertiary/aromatic N) is 1. The number of fused-ring (bicyclic) bond motifs is 13. The number of thiophene rings is 1. The zero-order chi connectivity index (χ0) is 45.5. The molecule has 14 rings (SSSR count). The van der Waals surface area contributed by atoms with Crippen molar-refractivity contribution in [3.63, 3.8) is 0 Å². The van der Waals surface area contributed by atoms with E-state index in [1.165, 1.54) is 115 Å². The molecule has 0 amide bonds. The van der Waals surface area contributed by atoms with Crippen molar-refractivity contribution in [1.29, 1.82) is 0 Å². The highest BCUT2D eigenvalue weighted by Crippen LogP contribution is 2.67. The van der Waals surface area contributed by atoms with Gasteiger partial charge >= 0.3 is 0 Å². The second-order valence-electron chi connectivity index (χ2n) is 18.3. The minimum Gasteiger partial charge on any atom is -0.309 e. The van der Waals surface area contributed by atoms with Crippen LogP contribution < -0.4 is 4.90 Å². The molecule has 0 saturated carbocycles. The first-order valence-electron chi connectivity index (χ1n) is 23.8. The number of hydrogen-bond donors (Lipinski definition) is 0. The molecule has 2 aliphatic carbocycles. The second-order valence-corrected chi connectivity index (χ2v) is 19.4. The van der Waals surface area contributed by atoms with Crippen LogP contribution in [-0.2, 0) is 5.41 Å². The van der Waals surface area contributed by atoms with Gasteiger partial charge in [0.05, 0.1) is 11.1 Å². The molecule has 0 unspecified atom stereocenters. The molecule has 1 nitrogen and oxygen atoms in total. The SMILES string of the molecule is c1ccc(-c2ccc(-c3ccc(N(c4ccc(-c5ccccc5)cc4)c4c5c(cc6sc7ccccc7c46)C4(c6ccccc6-c6ccccc64)c4cc(-c6ccccc6)ccc4-5)cc3)cc2)cc1. The summed E-state index contributed by atoms with van der Waals surface area (Å²) in [5.41, 5.74) is 23.0. The van der Waals surface area contributed by atoms with Gasteiger partial charge in [0.1, 0.15) is 0 Å². The van der Waals surface area contributed by atoms with Crippen LogP contribution in [0.3, 0.4) is 0 Å². The van der Waals surface area contributed by atoms with Crippen molar-refractivity contribution >= 4 is 48.6 Å². The van der Waals surface area contributed by atoms with Crippen LogP contribution in [0, 0.1) is 0 Å². The van der Waals surface area contributed by atoms with Crippen molar-refractivity contribution in [1.82, 2.24) is 0 Å². The molecule has 0 aliphatic heterocycles. The van der Waals surface area contributed by atoms with E-state index < -0.39 is 5.41 Å². The molecule has 0 atom stereocenters. The van der Waals surface area contributed by atoms with Gasteiger partial charge in [-0.05, 0) is 126 Å². The summed E-state index contributed by atoms with van der Waals surface area (Å²) in [7, 11) is 0. The summed E-state index contributed by atoms with van der Waals surface area (Å²) < 4.78 is 2.57. The van der Waals surface area contributed by atoms with Gasteiger partial charge in [0.15, 0.2) is 0 Å². The summed E-state index contributed by atoms with van der Waals surface area (Å²) in [6, 6.07) is 96.9. The zero-order valence-corrected chi connectivity index (χ0v) is 38.5. The number of anilines is 3. The average molecular weight is 894 g/mol. The molecule has 1 aromatic heterocycles. The molecule has 12 aromatic rings. The van der Waals surface area contributed by atoms with Crippen molar-refractivity contribution in [2.45, 2.75) is 5.41 Å². The lowest BCUT2D eigenvalue weighted by atomic mass is 9.70. The van der Waals surface area contributed by atoms with E-state index in [1.54, 1.807) is 0 Å². The first-order valence-corrected chi connectivity index (χ1v) is 24.6. The minimum atomic E-state index is -0.555. The largest absolute Gasteiger partial charge is 0.309 e. The Labute approximate surface area is 406 Å². The summed E-state index contributed by atoms with van der Waals surface area (Å²) in [4.78, 5) is 2.57. The number of hydrogen-bond acceptors (Lipinski definition) is 2. The van der Waals surface area contributed by atoms with E-state index in [2.05, 4.69) is 266 Å². The van der Waals surface area contributed by atoms with Crippen LogP contribution in [0.25, 0.3) is 86.9 Å². The van der Waals surface area contributed by atoms with E-state index in [0.29, 0.717) is 0 Å². The molecule has 0 saturated heterocycles. The van der Waals surface area contributed by atoms with Crippen LogP contribution in [0.5, 0.6) is 0 Å². The topological polar surface area (TPSA) is 3.24 Å². The molecule has 11 aromatic carbocycles. The smallest absolute Gasteiger partial charge is 0.0727 e. The van der Waals surface area contributed by atoms with E-state index in [0.717, 1.165) is 11.4 Å². The Balaban J connectivity index is 1.06. The third kappa shape index (κ3) is 6.09. The Morgan fingerprint density at radius 3 is 1.25 bits per heavy atom. The normalized spacial score (nSPS) is 12.8. The third-order valence-corrected chi connectivity index (χ3v) is 15.8. The predicted molar refractivity (Wildman–Crippen MR) is 292 cm³/mol.